The largest absolute Gasteiger partial charge is 0.375 e. The molecule has 1 saturated heterocycles. The Bertz CT molecular complexity index is 207. The molecule has 1 fully saturated rings. The van der Waals surface area contributed by atoms with E-state index in [1.54, 1.807) is 0 Å². The minimum Gasteiger partial charge on any atom is -0.375 e. The molecule has 4 heteroatoms. The molecule has 1 aliphatic heterocycles. The van der Waals surface area contributed by atoms with E-state index in [1.807, 2.05) is 0 Å². The minimum atomic E-state index is 0.0807. The summed E-state index contributed by atoms with van der Waals surface area (Å²) in [4.78, 5) is 11.4. The van der Waals surface area contributed by atoms with Gasteiger partial charge in [0.1, 0.15) is 0 Å². The van der Waals surface area contributed by atoms with Gasteiger partial charge in [0.25, 0.3) is 0 Å². The van der Waals surface area contributed by atoms with Crippen molar-refractivity contribution >= 4 is 5.91 Å². The maximum Gasteiger partial charge on any atom is 0.222 e. The van der Waals surface area contributed by atoms with E-state index in [4.69, 9.17) is 4.74 Å². The van der Waals surface area contributed by atoms with Crippen LogP contribution in [0.5, 0.6) is 0 Å². The highest BCUT2D eigenvalue weighted by atomic mass is 16.5. The molecule has 0 unspecified atom stereocenters. The average molecular weight is 214 g/mol. The second-order valence-electron chi connectivity index (χ2n) is 5.24. The SMILES string of the molecule is CC(C)(C)CNC(=O)CCOC1CNC1. The first-order valence-corrected chi connectivity index (χ1v) is 5.56. The molecule has 15 heavy (non-hydrogen) atoms. The third-order valence-electron chi connectivity index (χ3n) is 2.24. The smallest absolute Gasteiger partial charge is 0.222 e. The van der Waals surface area contributed by atoms with Crippen LogP contribution in [0, 0.1) is 5.41 Å². The zero-order valence-electron chi connectivity index (χ0n) is 9.93. The van der Waals surface area contributed by atoms with Gasteiger partial charge in [0, 0.05) is 26.1 Å². The molecule has 0 radical (unpaired) electrons. The first-order valence-electron chi connectivity index (χ1n) is 5.56. The number of carbonyl (C=O) groups excluding carboxylic acids is 1. The fraction of sp³-hybridized carbons (Fsp3) is 0.909. The van der Waals surface area contributed by atoms with Crippen molar-refractivity contribution in [1.29, 1.82) is 0 Å². The molecule has 0 aromatic rings. The summed E-state index contributed by atoms with van der Waals surface area (Å²) in [5.74, 6) is 0.0807. The van der Waals surface area contributed by atoms with Crippen LogP contribution in [-0.2, 0) is 9.53 Å². The predicted octanol–water partition coefficient (Wildman–Crippen LogP) is 0.527. The number of ether oxygens (including phenoxy) is 1. The molecule has 1 heterocycles. The number of nitrogens with one attached hydrogen (secondary N) is 2. The topological polar surface area (TPSA) is 50.4 Å². The lowest BCUT2D eigenvalue weighted by Gasteiger charge is -2.27. The van der Waals surface area contributed by atoms with Crippen molar-refractivity contribution in [2.45, 2.75) is 33.3 Å². The van der Waals surface area contributed by atoms with E-state index in [-0.39, 0.29) is 11.3 Å². The van der Waals surface area contributed by atoms with E-state index < -0.39 is 0 Å². The lowest BCUT2D eigenvalue weighted by atomic mass is 9.97. The number of rotatable bonds is 5. The fourth-order valence-electron chi connectivity index (χ4n) is 1.15. The highest BCUT2D eigenvalue weighted by molar-refractivity contribution is 5.75. The third kappa shape index (κ3) is 5.74. The standard InChI is InChI=1S/C11H22N2O2/c1-11(2,3)8-13-10(14)4-5-15-9-6-12-7-9/h9,12H,4-8H2,1-3H3,(H,13,14). The van der Waals surface area contributed by atoms with Gasteiger partial charge < -0.3 is 15.4 Å². The molecule has 88 valence electrons. The molecule has 0 spiro atoms. The number of amides is 1. The summed E-state index contributed by atoms with van der Waals surface area (Å²) in [7, 11) is 0. The van der Waals surface area contributed by atoms with Crippen molar-refractivity contribution in [1.82, 2.24) is 10.6 Å². The number of hydrogen-bond donors (Lipinski definition) is 2. The molecule has 4 nitrogen and oxygen atoms in total. The third-order valence-corrected chi connectivity index (χ3v) is 2.24. The van der Waals surface area contributed by atoms with Crippen molar-refractivity contribution in [3.8, 4) is 0 Å². The summed E-state index contributed by atoms with van der Waals surface area (Å²) in [6.07, 6.45) is 0.785. The van der Waals surface area contributed by atoms with Gasteiger partial charge in [-0.05, 0) is 5.41 Å². The van der Waals surface area contributed by atoms with Crippen LogP contribution < -0.4 is 10.6 Å². The van der Waals surface area contributed by atoms with Crippen molar-refractivity contribution in [3.63, 3.8) is 0 Å². The van der Waals surface area contributed by atoms with Gasteiger partial charge in [-0.1, -0.05) is 20.8 Å². The predicted molar refractivity (Wildman–Crippen MR) is 59.7 cm³/mol. The molecule has 0 aliphatic carbocycles. The molecule has 0 aromatic heterocycles. The Labute approximate surface area is 91.8 Å². The highest BCUT2D eigenvalue weighted by Gasteiger charge is 2.17. The van der Waals surface area contributed by atoms with Crippen LogP contribution in [0.4, 0.5) is 0 Å². The van der Waals surface area contributed by atoms with E-state index in [0.717, 1.165) is 19.6 Å². The van der Waals surface area contributed by atoms with Crippen molar-refractivity contribution in [3.05, 3.63) is 0 Å². The highest BCUT2D eigenvalue weighted by Crippen LogP contribution is 2.10. The Morgan fingerprint density at radius 2 is 2.13 bits per heavy atom. The first kappa shape index (κ1) is 12.5. The van der Waals surface area contributed by atoms with Gasteiger partial charge in [-0.15, -0.1) is 0 Å². The van der Waals surface area contributed by atoms with Gasteiger partial charge in [0.2, 0.25) is 5.91 Å². The Morgan fingerprint density at radius 1 is 1.47 bits per heavy atom. The summed E-state index contributed by atoms with van der Waals surface area (Å²) < 4.78 is 5.46. The Kier molecular flexibility index (Phi) is 4.54. The molecule has 1 amide bonds. The van der Waals surface area contributed by atoms with Gasteiger partial charge in [0.05, 0.1) is 12.7 Å². The fourth-order valence-corrected chi connectivity index (χ4v) is 1.15. The summed E-state index contributed by atoms with van der Waals surface area (Å²) in [5, 5.41) is 6.02. The summed E-state index contributed by atoms with van der Waals surface area (Å²) in [6, 6.07) is 0. The molecule has 0 aromatic carbocycles. The molecule has 1 rings (SSSR count). The maximum absolute atomic E-state index is 11.4. The maximum atomic E-state index is 11.4. The van der Waals surface area contributed by atoms with Crippen LogP contribution in [0.3, 0.4) is 0 Å². The van der Waals surface area contributed by atoms with E-state index in [9.17, 15) is 4.79 Å². The van der Waals surface area contributed by atoms with Gasteiger partial charge in [0.15, 0.2) is 0 Å². The first-order chi connectivity index (χ1) is 6.97. The zero-order valence-corrected chi connectivity index (χ0v) is 9.93. The van der Waals surface area contributed by atoms with E-state index >= 15 is 0 Å². The van der Waals surface area contributed by atoms with Crippen LogP contribution in [-0.4, -0.2) is 38.3 Å². The monoisotopic (exact) mass is 214 g/mol. The minimum absolute atomic E-state index is 0.0807. The lowest BCUT2D eigenvalue weighted by Crippen LogP contribution is -2.48. The van der Waals surface area contributed by atoms with Crippen LogP contribution in [0.15, 0.2) is 0 Å². The molecule has 2 N–H and O–H groups in total. The molecular formula is C11H22N2O2. The molecule has 0 bridgehead atoms. The van der Waals surface area contributed by atoms with Crippen LogP contribution >= 0.6 is 0 Å². The lowest BCUT2D eigenvalue weighted by molar-refractivity contribution is -0.123. The molecule has 1 aliphatic rings. The van der Waals surface area contributed by atoms with Crippen LogP contribution in [0.25, 0.3) is 0 Å². The molecular weight excluding hydrogens is 192 g/mol. The number of carbonyl (C=O) groups is 1. The van der Waals surface area contributed by atoms with Crippen LogP contribution in [0.1, 0.15) is 27.2 Å². The Morgan fingerprint density at radius 3 is 2.60 bits per heavy atom. The van der Waals surface area contributed by atoms with Crippen molar-refractivity contribution in [2.75, 3.05) is 26.2 Å². The van der Waals surface area contributed by atoms with Gasteiger partial charge in [-0.25, -0.2) is 0 Å². The Balaban J connectivity index is 1.98. The van der Waals surface area contributed by atoms with E-state index in [1.165, 1.54) is 0 Å². The van der Waals surface area contributed by atoms with Gasteiger partial charge >= 0.3 is 0 Å². The second-order valence-corrected chi connectivity index (χ2v) is 5.24. The van der Waals surface area contributed by atoms with E-state index in [2.05, 4.69) is 31.4 Å². The van der Waals surface area contributed by atoms with Gasteiger partial charge in [-0.2, -0.15) is 0 Å². The van der Waals surface area contributed by atoms with Crippen molar-refractivity contribution in [2.24, 2.45) is 5.41 Å². The molecule has 0 saturated carbocycles. The summed E-state index contributed by atoms with van der Waals surface area (Å²) in [6.45, 7) is 9.39. The number of hydrogen-bond acceptors (Lipinski definition) is 3. The second kappa shape index (κ2) is 5.47. The quantitative estimate of drug-likeness (QED) is 0.702. The zero-order chi connectivity index (χ0) is 11.3. The van der Waals surface area contributed by atoms with Crippen LogP contribution in [0.2, 0.25) is 0 Å². The normalized spacial score (nSPS) is 17.3. The van der Waals surface area contributed by atoms with E-state index in [0.29, 0.717) is 19.1 Å². The molecule has 0 atom stereocenters. The van der Waals surface area contributed by atoms with Gasteiger partial charge in [-0.3, -0.25) is 4.79 Å². The summed E-state index contributed by atoms with van der Waals surface area (Å²) in [5.41, 5.74) is 0.147. The summed E-state index contributed by atoms with van der Waals surface area (Å²) >= 11 is 0. The average Bonchev–Trinajstić information content (AvgIpc) is 2.04. The Hall–Kier alpha value is -0.610. The van der Waals surface area contributed by atoms with Crippen molar-refractivity contribution < 1.29 is 9.53 Å².